The minimum Gasteiger partial charge on any atom is -0.378 e. The number of aromatic nitrogens is 2. The first-order valence-electron chi connectivity index (χ1n) is 7.27. The van der Waals surface area contributed by atoms with Crippen molar-refractivity contribution in [2.45, 2.75) is 13.8 Å². The minimum absolute atomic E-state index is 0.0596. The lowest BCUT2D eigenvalue weighted by Crippen LogP contribution is -2.40. The lowest BCUT2D eigenvalue weighted by atomic mass is 10.1. The molecular formula is C16H18BrN3O2. The Morgan fingerprint density at radius 2 is 1.82 bits per heavy atom. The molecule has 1 fully saturated rings. The topological polar surface area (TPSA) is 47.4 Å². The van der Waals surface area contributed by atoms with Gasteiger partial charge in [-0.3, -0.25) is 4.79 Å². The largest absolute Gasteiger partial charge is 0.378 e. The van der Waals surface area contributed by atoms with E-state index in [0.717, 1.165) is 21.5 Å². The van der Waals surface area contributed by atoms with Crippen LogP contribution in [0.3, 0.4) is 0 Å². The molecule has 116 valence electrons. The van der Waals surface area contributed by atoms with Crippen LogP contribution in [-0.4, -0.2) is 46.9 Å². The van der Waals surface area contributed by atoms with Crippen molar-refractivity contribution < 1.29 is 9.53 Å². The van der Waals surface area contributed by atoms with Crippen LogP contribution in [0.5, 0.6) is 0 Å². The Balaban J connectivity index is 1.83. The van der Waals surface area contributed by atoms with Crippen molar-refractivity contribution in [1.82, 2.24) is 14.7 Å². The van der Waals surface area contributed by atoms with E-state index in [1.165, 1.54) is 0 Å². The molecule has 1 amide bonds. The highest BCUT2D eigenvalue weighted by molar-refractivity contribution is 9.10. The van der Waals surface area contributed by atoms with Crippen molar-refractivity contribution in [3.8, 4) is 5.69 Å². The highest BCUT2D eigenvalue weighted by atomic mass is 79.9. The highest BCUT2D eigenvalue weighted by Gasteiger charge is 2.18. The number of benzene rings is 1. The summed E-state index contributed by atoms with van der Waals surface area (Å²) in [6.07, 6.45) is 0. The Kier molecular flexibility index (Phi) is 4.31. The molecule has 0 spiro atoms. The van der Waals surface area contributed by atoms with E-state index in [2.05, 4.69) is 21.0 Å². The fourth-order valence-corrected chi connectivity index (χ4v) is 2.82. The average molecular weight is 364 g/mol. The predicted octanol–water partition coefficient (Wildman–Crippen LogP) is 2.72. The maximum absolute atomic E-state index is 12.4. The monoisotopic (exact) mass is 363 g/mol. The van der Waals surface area contributed by atoms with Crippen molar-refractivity contribution in [2.24, 2.45) is 0 Å². The van der Waals surface area contributed by atoms with Crippen molar-refractivity contribution in [3.05, 3.63) is 45.7 Å². The number of amides is 1. The molecule has 2 aromatic rings. The van der Waals surface area contributed by atoms with E-state index < -0.39 is 0 Å². The fraction of sp³-hybridized carbons (Fsp3) is 0.375. The second-order valence-corrected chi connectivity index (χ2v) is 6.14. The number of nitrogens with zero attached hydrogens (tertiary/aromatic N) is 3. The van der Waals surface area contributed by atoms with Gasteiger partial charge in [0.1, 0.15) is 0 Å². The van der Waals surface area contributed by atoms with Crippen LogP contribution in [0.1, 0.15) is 21.7 Å². The second-order valence-electron chi connectivity index (χ2n) is 5.35. The van der Waals surface area contributed by atoms with Gasteiger partial charge < -0.3 is 9.64 Å². The van der Waals surface area contributed by atoms with E-state index in [9.17, 15) is 4.79 Å². The van der Waals surface area contributed by atoms with Crippen molar-refractivity contribution in [1.29, 1.82) is 0 Å². The van der Waals surface area contributed by atoms with Gasteiger partial charge in [-0.05, 0) is 54.0 Å². The lowest BCUT2D eigenvalue weighted by molar-refractivity contribution is 0.0303. The maximum atomic E-state index is 12.4. The van der Waals surface area contributed by atoms with E-state index in [1.807, 2.05) is 47.7 Å². The van der Waals surface area contributed by atoms with Gasteiger partial charge in [-0.2, -0.15) is 5.10 Å². The second kappa shape index (κ2) is 6.22. The Hall–Kier alpha value is -1.66. The Morgan fingerprint density at radius 1 is 1.18 bits per heavy atom. The first-order chi connectivity index (χ1) is 10.6. The van der Waals surface area contributed by atoms with Gasteiger partial charge in [0.2, 0.25) is 0 Å². The van der Waals surface area contributed by atoms with Crippen LogP contribution in [0.15, 0.2) is 28.7 Å². The molecule has 0 radical (unpaired) electrons. The lowest BCUT2D eigenvalue weighted by Gasteiger charge is -2.26. The van der Waals surface area contributed by atoms with E-state index >= 15 is 0 Å². The highest BCUT2D eigenvalue weighted by Crippen LogP contribution is 2.23. The summed E-state index contributed by atoms with van der Waals surface area (Å²) < 4.78 is 8.17. The zero-order valence-electron chi connectivity index (χ0n) is 12.7. The van der Waals surface area contributed by atoms with E-state index in [-0.39, 0.29) is 5.91 Å². The summed E-state index contributed by atoms with van der Waals surface area (Å²) in [5.74, 6) is 0.0596. The number of hydrogen-bond donors (Lipinski definition) is 0. The third kappa shape index (κ3) is 2.80. The molecule has 0 aliphatic carbocycles. The van der Waals surface area contributed by atoms with Crippen LogP contribution in [0, 0.1) is 13.8 Å². The number of aryl methyl sites for hydroxylation is 1. The number of carbonyl (C=O) groups is 1. The molecule has 1 aromatic carbocycles. The predicted molar refractivity (Wildman–Crippen MR) is 87.5 cm³/mol. The third-order valence-corrected chi connectivity index (χ3v) is 5.01. The molecule has 0 atom stereocenters. The van der Waals surface area contributed by atoms with Gasteiger partial charge in [-0.25, -0.2) is 4.68 Å². The van der Waals surface area contributed by atoms with Gasteiger partial charge in [-0.1, -0.05) is 0 Å². The standard InChI is InChI=1S/C16H18BrN3O2/c1-11-15(17)12(2)20(18-11)14-5-3-13(4-6-14)16(21)19-7-9-22-10-8-19/h3-6H,7-10H2,1-2H3. The molecule has 1 aliphatic rings. The summed E-state index contributed by atoms with van der Waals surface area (Å²) in [5, 5.41) is 4.50. The SMILES string of the molecule is Cc1nn(-c2ccc(C(=O)N3CCOCC3)cc2)c(C)c1Br. The number of ether oxygens (including phenoxy) is 1. The third-order valence-electron chi connectivity index (χ3n) is 3.86. The first kappa shape index (κ1) is 15.2. The summed E-state index contributed by atoms with van der Waals surface area (Å²) in [5.41, 5.74) is 3.65. The van der Waals surface area contributed by atoms with Crippen LogP contribution < -0.4 is 0 Å². The number of carbonyl (C=O) groups excluding carboxylic acids is 1. The molecule has 1 aromatic heterocycles. The molecule has 5 nitrogen and oxygen atoms in total. The molecule has 0 saturated carbocycles. The Labute approximate surface area is 138 Å². The molecule has 3 rings (SSSR count). The quantitative estimate of drug-likeness (QED) is 0.823. The van der Waals surface area contributed by atoms with E-state index in [1.54, 1.807) is 0 Å². The molecule has 1 saturated heterocycles. The smallest absolute Gasteiger partial charge is 0.254 e. The molecule has 2 heterocycles. The minimum atomic E-state index is 0.0596. The Bertz CT molecular complexity index is 688. The maximum Gasteiger partial charge on any atom is 0.254 e. The zero-order valence-corrected chi connectivity index (χ0v) is 14.3. The van der Waals surface area contributed by atoms with Gasteiger partial charge in [0.05, 0.1) is 34.8 Å². The fourth-order valence-electron chi connectivity index (χ4n) is 2.57. The van der Waals surface area contributed by atoms with Gasteiger partial charge in [0, 0.05) is 18.7 Å². The molecule has 22 heavy (non-hydrogen) atoms. The summed E-state index contributed by atoms with van der Waals surface area (Å²) >= 11 is 3.53. The zero-order chi connectivity index (χ0) is 15.7. The molecule has 0 N–H and O–H groups in total. The summed E-state index contributed by atoms with van der Waals surface area (Å²) in [7, 11) is 0. The summed E-state index contributed by atoms with van der Waals surface area (Å²) in [6.45, 7) is 6.52. The Morgan fingerprint density at radius 3 is 2.36 bits per heavy atom. The summed E-state index contributed by atoms with van der Waals surface area (Å²) in [4.78, 5) is 14.2. The van der Waals surface area contributed by atoms with E-state index in [0.29, 0.717) is 31.9 Å². The molecule has 6 heteroatoms. The molecule has 1 aliphatic heterocycles. The van der Waals surface area contributed by atoms with E-state index in [4.69, 9.17) is 4.74 Å². The van der Waals surface area contributed by atoms with Gasteiger partial charge in [-0.15, -0.1) is 0 Å². The number of morpholine rings is 1. The summed E-state index contributed by atoms with van der Waals surface area (Å²) in [6, 6.07) is 7.58. The van der Waals surface area contributed by atoms with Crippen LogP contribution in [0.4, 0.5) is 0 Å². The van der Waals surface area contributed by atoms with Crippen LogP contribution in [0.25, 0.3) is 5.69 Å². The molecular weight excluding hydrogens is 346 g/mol. The van der Waals surface area contributed by atoms with Crippen LogP contribution in [0.2, 0.25) is 0 Å². The van der Waals surface area contributed by atoms with Crippen molar-refractivity contribution in [3.63, 3.8) is 0 Å². The van der Waals surface area contributed by atoms with Crippen molar-refractivity contribution in [2.75, 3.05) is 26.3 Å². The van der Waals surface area contributed by atoms with Gasteiger partial charge >= 0.3 is 0 Å². The van der Waals surface area contributed by atoms with Crippen molar-refractivity contribution >= 4 is 21.8 Å². The first-order valence-corrected chi connectivity index (χ1v) is 8.06. The number of halogens is 1. The van der Waals surface area contributed by atoms with Crippen LogP contribution >= 0.6 is 15.9 Å². The van der Waals surface area contributed by atoms with Gasteiger partial charge in [0.25, 0.3) is 5.91 Å². The number of rotatable bonds is 2. The normalized spacial score (nSPS) is 15.1. The average Bonchev–Trinajstić information content (AvgIpc) is 2.83. The molecule has 0 unspecified atom stereocenters. The van der Waals surface area contributed by atoms with Crippen LogP contribution in [-0.2, 0) is 4.74 Å². The molecule has 0 bridgehead atoms. The van der Waals surface area contributed by atoms with Gasteiger partial charge in [0.15, 0.2) is 0 Å². The number of hydrogen-bond acceptors (Lipinski definition) is 3.